The summed E-state index contributed by atoms with van der Waals surface area (Å²) in [5, 5.41) is 3.37. The predicted molar refractivity (Wildman–Crippen MR) is 107 cm³/mol. The van der Waals surface area contributed by atoms with Gasteiger partial charge in [-0.15, -0.1) is 24.0 Å². The maximum Gasteiger partial charge on any atom is 0.193 e. The van der Waals surface area contributed by atoms with Crippen molar-refractivity contribution in [1.82, 2.24) is 10.2 Å². The van der Waals surface area contributed by atoms with E-state index in [0.717, 1.165) is 25.6 Å². The summed E-state index contributed by atoms with van der Waals surface area (Å²) in [5.41, 5.74) is 0.515. The van der Waals surface area contributed by atoms with Crippen molar-refractivity contribution in [2.75, 3.05) is 38.2 Å². The molecule has 7 heteroatoms. The molecule has 5 nitrogen and oxygen atoms in total. The zero-order chi connectivity index (χ0) is 16.1. The largest absolute Gasteiger partial charge is 0.357 e. The van der Waals surface area contributed by atoms with Crippen molar-refractivity contribution in [3.8, 4) is 0 Å². The third-order valence-electron chi connectivity index (χ3n) is 4.92. The second-order valence-corrected chi connectivity index (χ2v) is 9.21. The maximum atomic E-state index is 11.2. The maximum absolute atomic E-state index is 11.2. The number of halogens is 1. The Morgan fingerprint density at radius 2 is 1.91 bits per heavy atom. The quantitative estimate of drug-likeness (QED) is 0.299. The van der Waals surface area contributed by atoms with Gasteiger partial charge in [-0.1, -0.05) is 19.3 Å². The number of nitrogens with one attached hydrogen (secondary N) is 1. The van der Waals surface area contributed by atoms with Crippen LogP contribution in [0.5, 0.6) is 0 Å². The fraction of sp³-hybridized carbons (Fsp3) is 0.938. The van der Waals surface area contributed by atoms with Crippen LogP contribution in [0.3, 0.4) is 0 Å². The first-order valence-electron chi connectivity index (χ1n) is 8.65. The highest BCUT2D eigenvalue weighted by atomic mass is 127. The van der Waals surface area contributed by atoms with E-state index in [2.05, 4.69) is 22.1 Å². The van der Waals surface area contributed by atoms with Crippen molar-refractivity contribution in [3.63, 3.8) is 0 Å². The van der Waals surface area contributed by atoms with Gasteiger partial charge in [-0.2, -0.15) is 0 Å². The minimum atomic E-state index is -2.88. The number of hydrogen-bond donors (Lipinski definition) is 1. The summed E-state index contributed by atoms with van der Waals surface area (Å²) in [4.78, 5) is 7.03. The number of hydrogen-bond acceptors (Lipinski definition) is 3. The average Bonchev–Trinajstić information content (AvgIpc) is 2.85. The number of likely N-dealkylation sites (tertiary alicyclic amines) is 1. The smallest absolute Gasteiger partial charge is 0.193 e. The first-order valence-corrected chi connectivity index (χ1v) is 10.7. The van der Waals surface area contributed by atoms with Gasteiger partial charge in [0.05, 0.1) is 5.75 Å². The summed E-state index contributed by atoms with van der Waals surface area (Å²) in [6.45, 7) is 5.72. The van der Waals surface area contributed by atoms with E-state index >= 15 is 0 Å². The van der Waals surface area contributed by atoms with Crippen molar-refractivity contribution in [3.05, 3.63) is 0 Å². The van der Waals surface area contributed by atoms with Gasteiger partial charge >= 0.3 is 0 Å². The molecule has 2 fully saturated rings. The molecule has 2 rings (SSSR count). The van der Waals surface area contributed by atoms with Crippen molar-refractivity contribution in [1.29, 1.82) is 0 Å². The monoisotopic (exact) mass is 457 g/mol. The molecule has 1 aliphatic heterocycles. The summed E-state index contributed by atoms with van der Waals surface area (Å²) in [6.07, 6.45) is 10.0. The van der Waals surface area contributed by atoms with Crippen LogP contribution in [0, 0.1) is 5.41 Å². The fourth-order valence-electron chi connectivity index (χ4n) is 3.76. The van der Waals surface area contributed by atoms with Crippen LogP contribution < -0.4 is 5.32 Å². The number of sulfone groups is 1. The molecule has 0 aromatic heterocycles. The van der Waals surface area contributed by atoms with Gasteiger partial charge in [0.15, 0.2) is 5.96 Å². The Kier molecular flexibility index (Phi) is 8.61. The lowest BCUT2D eigenvalue weighted by molar-refractivity contribution is 0.203. The highest BCUT2D eigenvalue weighted by Gasteiger charge is 2.39. The zero-order valence-electron chi connectivity index (χ0n) is 14.5. The van der Waals surface area contributed by atoms with E-state index in [9.17, 15) is 8.42 Å². The van der Waals surface area contributed by atoms with E-state index in [-0.39, 0.29) is 29.7 Å². The van der Waals surface area contributed by atoms with Gasteiger partial charge in [0.1, 0.15) is 9.84 Å². The van der Waals surface area contributed by atoms with Gasteiger partial charge in [-0.25, -0.2) is 8.42 Å². The molecule has 1 aliphatic carbocycles. The van der Waals surface area contributed by atoms with Gasteiger partial charge in [-0.3, -0.25) is 4.99 Å². The van der Waals surface area contributed by atoms with E-state index in [1.54, 1.807) is 0 Å². The minimum Gasteiger partial charge on any atom is -0.357 e. The summed E-state index contributed by atoms with van der Waals surface area (Å²) in [6, 6.07) is 0. The molecule has 1 saturated carbocycles. The molecule has 0 atom stereocenters. The Hall–Kier alpha value is -0.0500. The zero-order valence-corrected chi connectivity index (χ0v) is 17.7. The van der Waals surface area contributed by atoms with Crippen LogP contribution in [0.25, 0.3) is 0 Å². The first kappa shape index (κ1) is 21.0. The van der Waals surface area contributed by atoms with Gasteiger partial charge in [-0.05, 0) is 38.0 Å². The molecule has 0 amide bonds. The number of rotatable bonds is 5. The lowest BCUT2D eigenvalue weighted by Crippen LogP contribution is -2.41. The Morgan fingerprint density at radius 1 is 1.22 bits per heavy atom. The average molecular weight is 457 g/mol. The van der Waals surface area contributed by atoms with E-state index < -0.39 is 9.84 Å². The molecule has 0 aromatic carbocycles. The Bertz CT molecular complexity index is 488. The number of guanidine groups is 1. The lowest BCUT2D eigenvalue weighted by Gasteiger charge is -2.33. The third-order valence-corrected chi connectivity index (χ3v) is 5.95. The van der Waals surface area contributed by atoms with Crippen LogP contribution in [0.2, 0.25) is 0 Å². The van der Waals surface area contributed by atoms with Crippen LogP contribution in [-0.2, 0) is 9.84 Å². The van der Waals surface area contributed by atoms with E-state index in [0.29, 0.717) is 18.4 Å². The van der Waals surface area contributed by atoms with Crippen molar-refractivity contribution >= 4 is 39.8 Å². The van der Waals surface area contributed by atoms with Gasteiger partial charge in [0.25, 0.3) is 0 Å². The molecule has 1 saturated heterocycles. The van der Waals surface area contributed by atoms with Crippen LogP contribution in [0.1, 0.15) is 51.9 Å². The molecule has 0 unspecified atom stereocenters. The first-order chi connectivity index (χ1) is 10.4. The van der Waals surface area contributed by atoms with Gasteiger partial charge in [0.2, 0.25) is 0 Å². The molecule has 136 valence electrons. The van der Waals surface area contributed by atoms with Crippen LogP contribution in [0.4, 0.5) is 0 Å². The minimum absolute atomic E-state index is 0. The molecule has 2 aliphatic rings. The Labute approximate surface area is 158 Å². The summed E-state index contributed by atoms with van der Waals surface area (Å²) in [7, 11) is -2.88. The van der Waals surface area contributed by atoms with Gasteiger partial charge < -0.3 is 10.2 Å². The highest BCUT2D eigenvalue weighted by Crippen LogP contribution is 2.43. The molecule has 1 N–H and O–H groups in total. The molecule has 23 heavy (non-hydrogen) atoms. The van der Waals surface area contributed by atoms with Crippen LogP contribution in [0.15, 0.2) is 4.99 Å². The van der Waals surface area contributed by atoms with Crippen molar-refractivity contribution < 1.29 is 8.42 Å². The molecule has 1 spiro atoms. The predicted octanol–water partition coefficient (Wildman–Crippen LogP) is 2.66. The summed E-state index contributed by atoms with van der Waals surface area (Å²) in [5.74, 6) is 1.19. The van der Waals surface area contributed by atoms with E-state index in [1.807, 2.05) is 0 Å². The standard InChI is InChI=1S/C16H31N3O2S.HI/c1-3-17-15(18-11-7-13-22(2,20)21)19-12-10-16(14-19)8-5-4-6-9-16;/h3-14H2,1-2H3,(H,17,18);1H. The van der Waals surface area contributed by atoms with Gasteiger partial charge in [0, 0.05) is 32.4 Å². The van der Waals surface area contributed by atoms with E-state index in [1.165, 1.54) is 44.8 Å². The van der Waals surface area contributed by atoms with Crippen molar-refractivity contribution in [2.45, 2.75) is 51.9 Å². The third kappa shape index (κ3) is 6.76. The van der Waals surface area contributed by atoms with E-state index in [4.69, 9.17) is 0 Å². The molecule has 0 bridgehead atoms. The highest BCUT2D eigenvalue weighted by molar-refractivity contribution is 14.0. The van der Waals surface area contributed by atoms with Crippen LogP contribution in [-0.4, -0.2) is 57.5 Å². The lowest BCUT2D eigenvalue weighted by atomic mass is 9.73. The number of nitrogens with zero attached hydrogens (tertiary/aromatic N) is 2. The molecule has 1 heterocycles. The summed E-state index contributed by atoms with van der Waals surface area (Å²) < 4.78 is 22.4. The molecular weight excluding hydrogens is 425 g/mol. The number of aliphatic imine (C=N–C) groups is 1. The second kappa shape index (κ2) is 9.44. The summed E-state index contributed by atoms with van der Waals surface area (Å²) >= 11 is 0. The molecule has 0 radical (unpaired) electrons. The molecular formula is C16H32IN3O2S. The Morgan fingerprint density at radius 3 is 2.52 bits per heavy atom. The van der Waals surface area contributed by atoms with Crippen LogP contribution >= 0.6 is 24.0 Å². The van der Waals surface area contributed by atoms with Crippen molar-refractivity contribution in [2.24, 2.45) is 10.4 Å². The second-order valence-electron chi connectivity index (χ2n) is 6.95. The topological polar surface area (TPSA) is 61.8 Å². The normalized spacial score (nSPS) is 21.3. The molecule has 0 aromatic rings. The Balaban J connectivity index is 0.00000264. The fourth-order valence-corrected chi connectivity index (χ4v) is 4.42. The SMILES string of the molecule is CCNC(=NCCCS(C)(=O)=O)N1CCC2(CCCCC2)C1.I.